The first-order valence-electron chi connectivity index (χ1n) is 8.31. The normalized spacial score (nSPS) is 11.7. The highest BCUT2D eigenvalue weighted by Crippen LogP contribution is 2.19. The number of hydrogen-bond acceptors (Lipinski definition) is 3. The molecule has 0 spiro atoms. The quantitative estimate of drug-likeness (QED) is 0.845. The van der Waals surface area contributed by atoms with Gasteiger partial charge in [0.2, 0.25) is 0 Å². The number of amides is 2. The van der Waals surface area contributed by atoms with Crippen LogP contribution in [0, 0.1) is 6.92 Å². The lowest BCUT2D eigenvalue weighted by Gasteiger charge is -2.18. The largest absolute Gasteiger partial charge is 0.481 e. The van der Waals surface area contributed by atoms with Crippen molar-refractivity contribution < 1.29 is 14.3 Å². The minimum Gasteiger partial charge on any atom is -0.481 e. The van der Waals surface area contributed by atoms with E-state index in [1.807, 2.05) is 45.0 Å². The second-order valence-corrected chi connectivity index (χ2v) is 6.19. The summed E-state index contributed by atoms with van der Waals surface area (Å²) in [6, 6.07) is 14.4. The molecule has 2 aromatic carbocycles. The molecule has 0 fully saturated rings. The topological polar surface area (TPSA) is 67.4 Å². The second kappa shape index (κ2) is 8.33. The highest BCUT2D eigenvalue weighted by Gasteiger charge is 2.19. The highest BCUT2D eigenvalue weighted by molar-refractivity contribution is 6.04. The fourth-order valence-electron chi connectivity index (χ4n) is 2.30. The van der Waals surface area contributed by atoms with Crippen LogP contribution in [0.1, 0.15) is 36.7 Å². The Morgan fingerprint density at radius 3 is 2.28 bits per heavy atom. The van der Waals surface area contributed by atoms with Crippen molar-refractivity contribution in [3.05, 3.63) is 59.7 Å². The Hall–Kier alpha value is -2.82. The molecule has 1 atom stereocenters. The van der Waals surface area contributed by atoms with Gasteiger partial charge in [-0.05, 0) is 51.5 Å². The summed E-state index contributed by atoms with van der Waals surface area (Å²) in [5.74, 6) is 0.127. The third-order valence-electron chi connectivity index (χ3n) is 3.62. The van der Waals surface area contributed by atoms with E-state index in [2.05, 4.69) is 10.6 Å². The molecule has 0 aliphatic rings. The van der Waals surface area contributed by atoms with Gasteiger partial charge in [-0.1, -0.05) is 30.3 Å². The SMILES string of the molecule is Cc1ccccc1OC(C)C(=O)Nc1ccccc1C(=O)NC(C)C. The van der Waals surface area contributed by atoms with E-state index in [1.54, 1.807) is 31.2 Å². The molecule has 0 aromatic heterocycles. The Morgan fingerprint density at radius 2 is 1.60 bits per heavy atom. The van der Waals surface area contributed by atoms with Crippen molar-refractivity contribution >= 4 is 17.5 Å². The van der Waals surface area contributed by atoms with Crippen molar-refractivity contribution in [2.24, 2.45) is 0 Å². The van der Waals surface area contributed by atoms with Gasteiger partial charge < -0.3 is 15.4 Å². The van der Waals surface area contributed by atoms with Gasteiger partial charge in [0.15, 0.2) is 6.10 Å². The maximum atomic E-state index is 12.5. The molecule has 5 heteroatoms. The van der Waals surface area contributed by atoms with E-state index in [0.29, 0.717) is 17.0 Å². The van der Waals surface area contributed by atoms with Gasteiger partial charge in [-0.15, -0.1) is 0 Å². The first kappa shape index (κ1) is 18.5. The molecule has 2 rings (SSSR count). The number of rotatable bonds is 6. The van der Waals surface area contributed by atoms with Crippen LogP contribution >= 0.6 is 0 Å². The molecule has 2 N–H and O–H groups in total. The van der Waals surface area contributed by atoms with E-state index in [-0.39, 0.29) is 17.9 Å². The predicted octanol–water partition coefficient (Wildman–Crippen LogP) is 3.54. The molecule has 0 aliphatic heterocycles. The summed E-state index contributed by atoms with van der Waals surface area (Å²) in [5, 5.41) is 5.61. The van der Waals surface area contributed by atoms with Crippen LogP contribution in [-0.4, -0.2) is 24.0 Å². The van der Waals surface area contributed by atoms with Crippen LogP contribution < -0.4 is 15.4 Å². The minimum atomic E-state index is -0.692. The Labute approximate surface area is 148 Å². The van der Waals surface area contributed by atoms with Gasteiger partial charge in [-0.2, -0.15) is 0 Å². The summed E-state index contributed by atoms with van der Waals surface area (Å²) < 4.78 is 5.73. The lowest BCUT2D eigenvalue weighted by Crippen LogP contribution is -2.33. The molecule has 1 unspecified atom stereocenters. The first-order valence-corrected chi connectivity index (χ1v) is 8.31. The molecule has 5 nitrogen and oxygen atoms in total. The van der Waals surface area contributed by atoms with Gasteiger partial charge in [0.1, 0.15) is 5.75 Å². The monoisotopic (exact) mass is 340 g/mol. The number of ether oxygens (including phenoxy) is 1. The van der Waals surface area contributed by atoms with Crippen LogP contribution in [0.25, 0.3) is 0 Å². The van der Waals surface area contributed by atoms with Crippen LogP contribution in [0.5, 0.6) is 5.75 Å². The fraction of sp³-hybridized carbons (Fsp3) is 0.300. The van der Waals surface area contributed by atoms with Gasteiger partial charge in [0, 0.05) is 6.04 Å². The summed E-state index contributed by atoms with van der Waals surface area (Å²) in [4.78, 5) is 24.7. The molecule has 0 aliphatic carbocycles. The van der Waals surface area contributed by atoms with Crippen LogP contribution in [-0.2, 0) is 4.79 Å². The van der Waals surface area contributed by atoms with Crippen LogP contribution in [0.15, 0.2) is 48.5 Å². The summed E-state index contributed by atoms with van der Waals surface area (Å²) in [6.45, 7) is 7.37. The van der Waals surface area contributed by atoms with Crippen LogP contribution in [0.4, 0.5) is 5.69 Å². The predicted molar refractivity (Wildman–Crippen MR) is 98.9 cm³/mol. The Balaban J connectivity index is 2.10. The van der Waals surface area contributed by atoms with Crippen LogP contribution in [0.2, 0.25) is 0 Å². The van der Waals surface area contributed by atoms with Crippen molar-refractivity contribution in [3.8, 4) is 5.75 Å². The van der Waals surface area contributed by atoms with Gasteiger partial charge >= 0.3 is 0 Å². The summed E-state index contributed by atoms with van der Waals surface area (Å²) >= 11 is 0. The standard InChI is InChI=1S/C20H24N2O3/c1-13(2)21-20(24)16-10-6-7-11-17(16)22-19(23)15(4)25-18-12-8-5-9-14(18)3/h5-13,15H,1-4H3,(H,21,24)(H,22,23). The zero-order valence-corrected chi connectivity index (χ0v) is 15.0. The lowest BCUT2D eigenvalue weighted by atomic mass is 10.1. The maximum Gasteiger partial charge on any atom is 0.265 e. The summed E-state index contributed by atoms with van der Waals surface area (Å²) in [5.41, 5.74) is 1.84. The Morgan fingerprint density at radius 1 is 0.960 bits per heavy atom. The van der Waals surface area contributed by atoms with Crippen molar-refractivity contribution in [3.63, 3.8) is 0 Å². The van der Waals surface area contributed by atoms with E-state index in [1.165, 1.54) is 0 Å². The molecular formula is C20H24N2O3. The van der Waals surface area contributed by atoms with E-state index >= 15 is 0 Å². The zero-order valence-electron chi connectivity index (χ0n) is 15.0. The molecule has 2 amide bonds. The maximum absolute atomic E-state index is 12.5. The van der Waals surface area contributed by atoms with E-state index in [4.69, 9.17) is 4.74 Å². The van der Waals surface area contributed by atoms with E-state index in [9.17, 15) is 9.59 Å². The number of anilines is 1. The zero-order chi connectivity index (χ0) is 18.4. The molecule has 0 saturated heterocycles. The van der Waals surface area contributed by atoms with Gasteiger partial charge in [-0.25, -0.2) is 0 Å². The number of benzene rings is 2. The average Bonchev–Trinajstić information content (AvgIpc) is 2.56. The molecule has 0 bridgehead atoms. The number of nitrogens with one attached hydrogen (secondary N) is 2. The average molecular weight is 340 g/mol. The first-order chi connectivity index (χ1) is 11.9. The summed E-state index contributed by atoms with van der Waals surface area (Å²) in [7, 11) is 0. The fourth-order valence-corrected chi connectivity index (χ4v) is 2.30. The van der Waals surface area contributed by atoms with Gasteiger partial charge in [-0.3, -0.25) is 9.59 Å². The Kier molecular flexibility index (Phi) is 6.17. The van der Waals surface area contributed by atoms with Crippen molar-refractivity contribution in [1.29, 1.82) is 0 Å². The third kappa shape index (κ3) is 5.08. The molecule has 0 saturated carbocycles. The van der Waals surface area contributed by atoms with Gasteiger partial charge in [0.25, 0.3) is 11.8 Å². The van der Waals surface area contributed by atoms with Gasteiger partial charge in [0.05, 0.1) is 11.3 Å². The Bertz CT molecular complexity index is 756. The lowest BCUT2D eigenvalue weighted by molar-refractivity contribution is -0.122. The smallest absolute Gasteiger partial charge is 0.265 e. The highest BCUT2D eigenvalue weighted by atomic mass is 16.5. The van der Waals surface area contributed by atoms with Crippen LogP contribution in [0.3, 0.4) is 0 Å². The number of hydrogen-bond donors (Lipinski definition) is 2. The molecule has 0 heterocycles. The molecule has 132 valence electrons. The molecule has 2 aromatic rings. The van der Waals surface area contributed by atoms with Crippen molar-refractivity contribution in [2.45, 2.75) is 39.8 Å². The molecular weight excluding hydrogens is 316 g/mol. The number of carbonyl (C=O) groups is 2. The van der Waals surface area contributed by atoms with Crippen molar-refractivity contribution in [1.82, 2.24) is 5.32 Å². The number of carbonyl (C=O) groups excluding carboxylic acids is 2. The van der Waals surface area contributed by atoms with E-state index in [0.717, 1.165) is 5.56 Å². The summed E-state index contributed by atoms with van der Waals surface area (Å²) in [6.07, 6.45) is -0.692. The molecule has 0 radical (unpaired) electrons. The molecule has 25 heavy (non-hydrogen) atoms. The van der Waals surface area contributed by atoms with Crippen molar-refractivity contribution in [2.75, 3.05) is 5.32 Å². The second-order valence-electron chi connectivity index (χ2n) is 6.19. The number of aryl methyl sites for hydroxylation is 1. The van der Waals surface area contributed by atoms with E-state index < -0.39 is 6.10 Å². The number of para-hydroxylation sites is 2. The minimum absolute atomic E-state index is 0.0135. The third-order valence-corrected chi connectivity index (χ3v) is 3.62.